The zero-order chi connectivity index (χ0) is 18.6. The van der Waals surface area contributed by atoms with Crippen LogP contribution in [0.15, 0.2) is 10.9 Å². The molecule has 1 aliphatic carbocycles. The van der Waals surface area contributed by atoms with Gasteiger partial charge in [-0.05, 0) is 51.5 Å². The summed E-state index contributed by atoms with van der Waals surface area (Å²) in [5.74, 6) is 2.79. The number of aromatic nitrogens is 4. The highest BCUT2D eigenvalue weighted by molar-refractivity contribution is 7.18. The Morgan fingerprint density at radius 1 is 1.22 bits per heavy atom. The predicted octanol–water partition coefficient (Wildman–Crippen LogP) is 3.41. The number of hydrogen-bond donors (Lipinski definition) is 1. The molecular weight excluding hydrogens is 360 g/mol. The lowest BCUT2D eigenvalue weighted by molar-refractivity contribution is 0.228. The summed E-state index contributed by atoms with van der Waals surface area (Å²) in [7, 11) is 0. The SMILES string of the molecule is Cc1sc2ncnc(N3CCC(c4nc(C5(N)CCC5)no4)CC3)c2c1C. The van der Waals surface area contributed by atoms with Gasteiger partial charge in [0.05, 0.1) is 10.9 Å². The van der Waals surface area contributed by atoms with Gasteiger partial charge in [0.15, 0.2) is 5.82 Å². The summed E-state index contributed by atoms with van der Waals surface area (Å²) in [6, 6.07) is 0. The van der Waals surface area contributed by atoms with Gasteiger partial charge in [0.1, 0.15) is 17.0 Å². The molecule has 2 N–H and O–H groups in total. The summed E-state index contributed by atoms with van der Waals surface area (Å²) >= 11 is 1.74. The monoisotopic (exact) mass is 384 g/mol. The van der Waals surface area contributed by atoms with Crippen LogP contribution in [0.2, 0.25) is 0 Å². The van der Waals surface area contributed by atoms with Gasteiger partial charge in [-0.1, -0.05) is 5.16 Å². The maximum atomic E-state index is 6.33. The van der Waals surface area contributed by atoms with Crippen LogP contribution >= 0.6 is 11.3 Å². The van der Waals surface area contributed by atoms with E-state index in [9.17, 15) is 0 Å². The van der Waals surface area contributed by atoms with Crippen LogP contribution in [-0.2, 0) is 5.54 Å². The topological polar surface area (TPSA) is 94.0 Å². The molecule has 2 fully saturated rings. The minimum absolute atomic E-state index is 0.300. The molecule has 0 aromatic carbocycles. The molecule has 0 spiro atoms. The first-order valence-corrected chi connectivity index (χ1v) is 10.5. The lowest BCUT2D eigenvalue weighted by Gasteiger charge is -2.34. The van der Waals surface area contributed by atoms with Crippen molar-refractivity contribution < 1.29 is 4.52 Å². The highest BCUT2D eigenvalue weighted by Gasteiger charge is 2.39. The molecule has 1 saturated heterocycles. The lowest BCUT2D eigenvalue weighted by Crippen LogP contribution is -2.44. The zero-order valence-corrected chi connectivity index (χ0v) is 16.6. The number of anilines is 1. The fourth-order valence-corrected chi connectivity index (χ4v) is 5.12. The summed E-state index contributed by atoms with van der Waals surface area (Å²) < 4.78 is 5.58. The summed E-state index contributed by atoms with van der Waals surface area (Å²) in [6.07, 6.45) is 6.69. The van der Waals surface area contributed by atoms with Crippen LogP contribution in [0.4, 0.5) is 5.82 Å². The molecule has 0 atom stereocenters. The van der Waals surface area contributed by atoms with Gasteiger partial charge in [-0.15, -0.1) is 11.3 Å². The maximum Gasteiger partial charge on any atom is 0.229 e. The van der Waals surface area contributed by atoms with Gasteiger partial charge in [-0.2, -0.15) is 4.98 Å². The molecule has 3 aromatic heterocycles. The average Bonchev–Trinajstić information content (AvgIpc) is 3.26. The molecular formula is C19H24N6OS. The van der Waals surface area contributed by atoms with Crippen LogP contribution in [0.25, 0.3) is 10.2 Å². The van der Waals surface area contributed by atoms with Gasteiger partial charge >= 0.3 is 0 Å². The molecule has 142 valence electrons. The van der Waals surface area contributed by atoms with Crippen molar-refractivity contribution in [2.75, 3.05) is 18.0 Å². The number of nitrogens with two attached hydrogens (primary N) is 1. The number of rotatable bonds is 3. The lowest BCUT2D eigenvalue weighted by atomic mass is 9.77. The smallest absolute Gasteiger partial charge is 0.229 e. The Kier molecular flexibility index (Phi) is 3.94. The first-order valence-electron chi connectivity index (χ1n) is 9.64. The van der Waals surface area contributed by atoms with Crippen molar-refractivity contribution >= 4 is 27.4 Å². The van der Waals surface area contributed by atoms with Crippen LogP contribution < -0.4 is 10.6 Å². The van der Waals surface area contributed by atoms with E-state index in [2.05, 4.69) is 38.9 Å². The van der Waals surface area contributed by atoms with Crippen LogP contribution in [0, 0.1) is 13.8 Å². The number of nitrogens with zero attached hydrogens (tertiary/aromatic N) is 5. The first kappa shape index (κ1) is 17.1. The van der Waals surface area contributed by atoms with Crippen molar-refractivity contribution in [2.45, 2.75) is 57.4 Å². The molecule has 0 bridgehead atoms. The molecule has 2 aliphatic rings. The molecule has 3 aromatic rings. The predicted molar refractivity (Wildman–Crippen MR) is 105 cm³/mol. The average molecular weight is 385 g/mol. The third-order valence-electron chi connectivity index (χ3n) is 6.22. The molecule has 27 heavy (non-hydrogen) atoms. The normalized spacial score (nSPS) is 20.2. The Morgan fingerprint density at radius 3 is 2.70 bits per heavy atom. The Bertz CT molecular complexity index is 983. The third kappa shape index (κ3) is 2.73. The summed E-state index contributed by atoms with van der Waals surface area (Å²) in [5.41, 5.74) is 7.26. The van der Waals surface area contributed by atoms with E-state index in [0.29, 0.717) is 11.7 Å². The van der Waals surface area contributed by atoms with Gasteiger partial charge in [0.25, 0.3) is 0 Å². The van der Waals surface area contributed by atoms with Crippen LogP contribution in [0.3, 0.4) is 0 Å². The van der Waals surface area contributed by atoms with E-state index in [-0.39, 0.29) is 5.54 Å². The molecule has 0 unspecified atom stereocenters. The van der Waals surface area contributed by atoms with Crippen LogP contribution in [0.5, 0.6) is 0 Å². The zero-order valence-electron chi connectivity index (χ0n) is 15.7. The van der Waals surface area contributed by atoms with Gasteiger partial charge in [-0.3, -0.25) is 0 Å². The second-order valence-electron chi connectivity index (χ2n) is 7.89. The van der Waals surface area contributed by atoms with Gasteiger partial charge < -0.3 is 15.2 Å². The molecule has 4 heterocycles. The van der Waals surface area contributed by atoms with Crippen molar-refractivity contribution in [3.05, 3.63) is 28.5 Å². The minimum Gasteiger partial charge on any atom is -0.356 e. The van der Waals surface area contributed by atoms with E-state index in [4.69, 9.17) is 10.3 Å². The minimum atomic E-state index is -0.358. The summed E-state index contributed by atoms with van der Waals surface area (Å²) in [5, 5.41) is 5.38. The van der Waals surface area contributed by atoms with E-state index in [0.717, 1.165) is 61.7 Å². The van der Waals surface area contributed by atoms with Crippen molar-refractivity contribution in [3.8, 4) is 0 Å². The molecule has 5 rings (SSSR count). The van der Waals surface area contributed by atoms with Crippen LogP contribution in [-0.4, -0.2) is 33.2 Å². The van der Waals surface area contributed by atoms with Crippen molar-refractivity contribution in [1.82, 2.24) is 20.1 Å². The summed E-state index contributed by atoms with van der Waals surface area (Å²) in [4.78, 5) is 18.5. The fourth-order valence-electron chi connectivity index (χ4n) is 4.13. The quantitative estimate of drug-likeness (QED) is 0.739. The van der Waals surface area contributed by atoms with Gasteiger partial charge in [-0.25, -0.2) is 9.97 Å². The van der Waals surface area contributed by atoms with Crippen molar-refractivity contribution in [1.29, 1.82) is 0 Å². The molecule has 0 amide bonds. The fraction of sp³-hybridized carbons (Fsp3) is 0.579. The third-order valence-corrected chi connectivity index (χ3v) is 7.34. The summed E-state index contributed by atoms with van der Waals surface area (Å²) in [6.45, 7) is 6.17. The Hall–Kier alpha value is -2.06. The maximum absolute atomic E-state index is 6.33. The van der Waals surface area contributed by atoms with E-state index in [1.165, 1.54) is 15.8 Å². The van der Waals surface area contributed by atoms with Crippen LogP contribution in [0.1, 0.15) is 60.2 Å². The number of piperidine rings is 1. The first-order chi connectivity index (χ1) is 13.0. The van der Waals surface area contributed by atoms with E-state index in [1.807, 2.05) is 0 Å². The molecule has 1 saturated carbocycles. The second-order valence-corrected chi connectivity index (χ2v) is 9.09. The van der Waals surface area contributed by atoms with Gasteiger partial charge in [0.2, 0.25) is 5.89 Å². The number of aryl methyl sites for hydroxylation is 2. The Balaban J connectivity index is 1.34. The Morgan fingerprint density at radius 2 is 2.00 bits per heavy atom. The van der Waals surface area contributed by atoms with E-state index < -0.39 is 0 Å². The molecule has 1 aliphatic heterocycles. The number of fused-ring (bicyclic) bond motifs is 1. The molecule has 0 radical (unpaired) electrons. The number of hydrogen-bond acceptors (Lipinski definition) is 8. The van der Waals surface area contributed by atoms with Crippen molar-refractivity contribution in [3.63, 3.8) is 0 Å². The standard InChI is InChI=1S/C19H24N6OS/c1-11-12(2)27-17-14(11)15(21-10-22-17)25-8-4-13(5-9-25)16-23-18(24-26-16)19(20)6-3-7-19/h10,13H,3-9,20H2,1-2H3. The number of thiophene rings is 1. The molecule has 8 heteroatoms. The highest BCUT2D eigenvalue weighted by atomic mass is 32.1. The van der Waals surface area contributed by atoms with E-state index in [1.54, 1.807) is 17.7 Å². The Labute approximate surface area is 162 Å². The van der Waals surface area contributed by atoms with Crippen molar-refractivity contribution in [2.24, 2.45) is 5.73 Å². The highest BCUT2D eigenvalue weighted by Crippen LogP contribution is 2.39. The largest absolute Gasteiger partial charge is 0.356 e. The van der Waals surface area contributed by atoms with Gasteiger partial charge in [0, 0.05) is 23.9 Å². The van der Waals surface area contributed by atoms with E-state index >= 15 is 0 Å². The molecule has 7 nitrogen and oxygen atoms in total. The second kappa shape index (κ2) is 6.24.